The molecule has 0 aromatic carbocycles. The fraction of sp³-hybridized carbons (Fsp3) is 0.615. The first-order valence-corrected chi connectivity index (χ1v) is 8.61. The van der Waals surface area contributed by atoms with Crippen molar-refractivity contribution in [1.29, 1.82) is 0 Å². The van der Waals surface area contributed by atoms with Crippen LogP contribution in [0, 0.1) is 0 Å². The van der Waals surface area contributed by atoms with Gasteiger partial charge in [0, 0.05) is 31.7 Å². The van der Waals surface area contributed by atoms with E-state index in [1.165, 1.54) is 5.56 Å². The Kier molecular flexibility index (Phi) is 6.71. The van der Waals surface area contributed by atoms with Crippen molar-refractivity contribution in [3.05, 3.63) is 23.4 Å². The molecule has 0 atom stereocenters. The van der Waals surface area contributed by atoms with Gasteiger partial charge in [0.1, 0.15) is 5.82 Å². The molecule has 0 bridgehead atoms. The first-order valence-electron chi connectivity index (χ1n) is 6.79. The number of anilines is 1. The van der Waals surface area contributed by atoms with Crippen LogP contribution in [0.15, 0.2) is 12.1 Å². The maximum Gasteiger partial charge on any atom is 0.153 e. The van der Waals surface area contributed by atoms with E-state index in [2.05, 4.69) is 16.3 Å². The Balaban J connectivity index is 0.00000110. The summed E-state index contributed by atoms with van der Waals surface area (Å²) in [6.45, 7) is 3.10. The molecule has 2 aliphatic rings. The molecule has 3 heterocycles. The zero-order valence-electron chi connectivity index (χ0n) is 11.7. The van der Waals surface area contributed by atoms with Crippen molar-refractivity contribution in [2.24, 2.45) is 0 Å². The Hall–Kier alpha value is -0.560. The number of nitrogens with one attached hydrogen (secondary N) is 1. The Bertz CT molecular complexity index is 567. The van der Waals surface area contributed by atoms with Gasteiger partial charge in [0.2, 0.25) is 0 Å². The molecule has 1 saturated heterocycles. The molecule has 8 heteroatoms. The van der Waals surface area contributed by atoms with Gasteiger partial charge in [0.15, 0.2) is 9.84 Å². The predicted molar refractivity (Wildman–Crippen MR) is 89.9 cm³/mol. The van der Waals surface area contributed by atoms with Gasteiger partial charge < -0.3 is 10.2 Å². The van der Waals surface area contributed by atoms with Gasteiger partial charge in [-0.25, -0.2) is 13.4 Å². The SMILES string of the molecule is Cl.Cl.O=S1(=O)CCN(c2ccc3c(n2)CCNCC3)CC1. The van der Waals surface area contributed by atoms with Crippen LogP contribution in [0.3, 0.4) is 0 Å². The highest BCUT2D eigenvalue weighted by molar-refractivity contribution is 7.91. The number of hydrogen-bond donors (Lipinski definition) is 1. The fourth-order valence-corrected chi connectivity index (χ4v) is 3.84. The molecule has 1 N–H and O–H groups in total. The number of fused-ring (bicyclic) bond motifs is 1. The molecule has 0 unspecified atom stereocenters. The average molecular weight is 354 g/mol. The minimum Gasteiger partial charge on any atom is -0.355 e. The van der Waals surface area contributed by atoms with E-state index in [4.69, 9.17) is 4.98 Å². The van der Waals surface area contributed by atoms with Crippen molar-refractivity contribution in [2.45, 2.75) is 12.8 Å². The number of aromatic nitrogens is 1. The van der Waals surface area contributed by atoms with Crippen LogP contribution >= 0.6 is 24.8 Å². The van der Waals surface area contributed by atoms with Gasteiger partial charge in [0.25, 0.3) is 0 Å². The van der Waals surface area contributed by atoms with Crippen molar-refractivity contribution < 1.29 is 8.42 Å². The van der Waals surface area contributed by atoms with Crippen molar-refractivity contribution in [3.8, 4) is 0 Å². The molecular weight excluding hydrogens is 333 g/mol. The predicted octanol–water partition coefficient (Wildman–Crippen LogP) is 0.848. The lowest BCUT2D eigenvalue weighted by atomic mass is 10.1. The molecule has 1 fully saturated rings. The summed E-state index contributed by atoms with van der Waals surface area (Å²) in [7, 11) is -2.83. The average Bonchev–Trinajstić information content (AvgIpc) is 2.63. The molecule has 3 rings (SSSR count). The molecule has 120 valence electrons. The van der Waals surface area contributed by atoms with Gasteiger partial charge >= 0.3 is 0 Å². The van der Waals surface area contributed by atoms with Crippen LogP contribution in [-0.2, 0) is 22.7 Å². The van der Waals surface area contributed by atoms with Gasteiger partial charge in [-0.2, -0.15) is 0 Å². The highest BCUT2D eigenvalue weighted by atomic mass is 35.5. The maximum absolute atomic E-state index is 11.5. The lowest BCUT2D eigenvalue weighted by Gasteiger charge is -2.28. The quantitative estimate of drug-likeness (QED) is 0.810. The van der Waals surface area contributed by atoms with Gasteiger partial charge in [-0.15, -0.1) is 24.8 Å². The van der Waals surface area contributed by atoms with Crippen LogP contribution in [0.25, 0.3) is 0 Å². The molecular formula is C13H21Cl2N3O2S. The van der Waals surface area contributed by atoms with Gasteiger partial charge in [-0.1, -0.05) is 6.07 Å². The van der Waals surface area contributed by atoms with Crippen LogP contribution in [0.2, 0.25) is 0 Å². The second kappa shape index (κ2) is 7.63. The van der Waals surface area contributed by atoms with E-state index in [9.17, 15) is 8.42 Å². The zero-order chi connectivity index (χ0) is 13.3. The summed E-state index contributed by atoms with van der Waals surface area (Å²) in [5.74, 6) is 1.41. The third-order valence-electron chi connectivity index (χ3n) is 3.83. The lowest BCUT2D eigenvalue weighted by Crippen LogP contribution is -2.40. The third-order valence-corrected chi connectivity index (χ3v) is 5.44. The second-order valence-corrected chi connectivity index (χ2v) is 7.47. The van der Waals surface area contributed by atoms with Crippen LogP contribution in [-0.4, -0.2) is 51.1 Å². The number of pyridine rings is 1. The van der Waals surface area contributed by atoms with E-state index < -0.39 is 9.84 Å². The van der Waals surface area contributed by atoms with Gasteiger partial charge in [-0.3, -0.25) is 0 Å². The smallest absolute Gasteiger partial charge is 0.153 e. The monoisotopic (exact) mass is 353 g/mol. The maximum atomic E-state index is 11.5. The summed E-state index contributed by atoms with van der Waals surface area (Å²) in [5.41, 5.74) is 2.48. The molecule has 1 aromatic rings. The molecule has 2 aliphatic heterocycles. The molecule has 0 amide bonds. The molecule has 0 saturated carbocycles. The van der Waals surface area contributed by atoms with E-state index in [1.807, 2.05) is 6.07 Å². The van der Waals surface area contributed by atoms with E-state index in [1.54, 1.807) is 0 Å². The number of sulfone groups is 1. The van der Waals surface area contributed by atoms with Crippen molar-refractivity contribution in [3.63, 3.8) is 0 Å². The third kappa shape index (κ3) is 4.45. The minimum absolute atomic E-state index is 0. The molecule has 5 nitrogen and oxygen atoms in total. The highest BCUT2D eigenvalue weighted by Gasteiger charge is 2.23. The van der Waals surface area contributed by atoms with E-state index in [0.29, 0.717) is 13.1 Å². The van der Waals surface area contributed by atoms with Crippen molar-refractivity contribution >= 4 is 40.5 Å². The fourth-order valence-electron chi connectivity index (χ4n) is 2.64. The van der Waals surface area contributed by atoms with Crippen LogP contribution < -0.4 is 10.2 Å². The number of halogens is 2. The summed E-state index contributed by atoms with van der Waals surface area (Å²) in [6, 6.07) is 4.18. The first kappa shape index (κ1) is 18.5. The standard InChI is InChI=1S/C13H19N3O2S.2ClH/c17-19(18)9-7-16(8-10-19)13-2-1-11-3-5-14-6-4-12(11)15-13;;/h1-2,14H,3-10H2;2*1H. The van der Waals surface area contributed by atoms with Crippen LogP contribution in [0.5, 0.6) is 0 Å². The minimum atomic E-state index is -2.83. The first-order chi connectivity index (χ1) is 9.14. The molecule has 21 heavy (non-hydrogen) atoms. The van der Waals surface area contributed by atoms with Gasteiger partial charge in [-0.05, 0) is 24.6 Å². The highest BCUT2D eigenvalue weighted by Crippen LogP contribution is 2.19. The molecule has 1 aromatic heterocycles. The summed E-state index contributed by atoms with van der Waals surface area (Å²) < 4.78 is 22.9. The topological polar surface area (TPSA) is 62.3 Å². The lowest BCUT2D eigenvalue weighted by molar-refractivity contribution is 0.586. The Morgan fingerprint density at radius 3 is 2.43 bits per heavy atom. The molecule has 0 spiro atoms. The molecule has 0 aliphatic carbocycles. The Labute approximate surface area is 138 Å². The number of nitrogens with zero attached hydrogens (tertiary/aromatic N) is 2. The summed E-state index contributed by atoms with van der Waals surface area (Å²) in [4.78, 5) is 6.82. The van der Waals surface area contributed by atoms with Crippen LogP contribution in [0.4, 0.5) is 5.82 Å². The zero-order valence-corrected chi connectivity index (χ0v) is 14.2. The van der Waals surface area contributed by atoms with Crippen LogP contribution in [0.1, 0.15) is 11.3 Å². The number of hydrogen-bond acceptors (Lipinski definition) is 5. The Morgan fingerprint density at radius 2 is 1.71 bits per heavy atom. The summed E-state index contributed by atoms with van der Waals surface area (Å²) >= 11 is 0. The largest absolute Gasteiger partial charge is 0.355 e. The van der Waals surface area contributed by atoms with E-state index >= 15 is 0 Å². The summed E-state index contributed by atoms with van der Waals surface area (Å²) in [5, 5.41) is 3.37. The van der Waals surface area contributed by atoms with E-state index in [0.717, 1.165) is 37.4 Å². The van der Waals surface area contributed by atoms with Crippen molar-refractivity contribution in [2.75, 3.05) is 42.6 Å². The van der Waals surface area contributed by atoms with Crippen molar-refractivity contribution in [1.82, 2.24) is 10.3 Å². The van der Waals surface area contributed by atoms with Gasteiger partial charge in [0.05, 0.1) is 11.5 Å². The number of rotatable bonds is 1. The normalized spacial score (nSPS) is 20.5. The molecule has 0 radical (unpaired) electrons. The second-order valence-electron chi connectivity index (χ2n) is 5.16. The van der Waals surface area contributed by atoms with E-state index in [-0.39, 0.29) is 36.3 Å². The Morgan fingerprint density at radius 1 is 1.05 bits per heavy atom. The summed E-state index contributed by atoms with van der Waals surface area (Å²) in [6.07, 6.45) is 1.98.